The number of carboxylic acids is 1. The molecule has 9 nitrogen and oxygen atoms in total. The van der Waals surface area contributed by atoms with Crippen molar-refractivity contribution in [2.75, 3.05) is 45.8 Å². The number of hydrogen-bond acceptors (Lipinski definition) is 6. The van der Waals surface area contributed by atoms with Gasteiger partial charge in [-0.15, -0.1) is 13.2 Å². The van der Waals surface area contributed by atoms with E-state index in [9.17, 15) is 22.8 Å². The molecule has 0 spiro atoms. The van der Waals surface area contributed by atoms with E-state index in [1.54, 1.807) is 6.20 Å². The fourth-order valence-corrected chi connectivity index (χ4v) is 5.51. The van der Waals surface area contributed by atoms with Crippen molar-refractivity contribution >= 4 is 34.5 Å². The van der Waals surface area contributed by atoms with E-state index in [1.807, 2.05) is 31.4 Å². The van der Waals surface area contributed by atoms with Crippen LogP contribution >= 0.6 is 11.6 Å². The predicted molar refractivity (Wildman–Crippen MR) is 137 cm³/mol. The van der Waals surface area contributed by atoms with Gasteiger partial charge in [-0.25, -0.2) is 4.98 Å². The third-order valence-electron chi connectivity index (χ3n) is 7.11. The van der Waals surface area contributed by atoms with Crippen LogP contribution in [0.2, 0.25) is 5.02 Å². The number of aliphatic carboxylic acids is 1. The SMILES string of the molecule is O=C(O)CN1CCN(CC(=O)N2CCc3c(n(Cc4ccc(OC(F)(F)F)c(Cl)c4)c4ncccc34)C2)CC1. The van der Waals surface area contributed by atoms with Crippen LogP contribution in [0.4, 0.5) is 13.2 Å². The number of alkyl halides is 3. The first-order chi connectivity index (χ1) is 18.6. The summed E-state index contributed by atoms with van der Waals surface area (Å²) in [5.41, 5.74) is 3.44. The summed E-state index contributed by atoms with van der Waals surface area (Å²) in [6, 6.07) is 8.01. The van der Waals surface area contributed by atoms with Crippen molar-refractivity contribution in [3.8, 4) is 5.75 Å². The minimum absolute atomic E-state index is 0.00142. The van der Waals surface area contributed by atoms with E-state index >= 15 is 0 Å². The second-order valence-electron chi connectivity index (χ2n) is 9.71. The fraction of sp³-hybridized carbons (Fsp3) is 0.423. The van der Waals surface area contributed by atoms with E-state index < -0.39 is 18.1 Å². The minimum atomic E-state index is -4.84. The second kappa shape index (κ2) is 11.0. The molecule has 208 valence electrons. The molecular formula is C26H27ClF3N5O4. The summed E-state index contributed by atoms with van der Waals surface area (Å²) in [7, 11) is 0. The maximum absolute atomic E-state index is 13.2. The van der Waals surface area contributed by atoms with Gasteiger partial charge in [0.25, 0.3) is 0 Å². The molecule has 1 amide bonds. The van der Waals surface area contributed by atoms with E-state index in [0.29, 0.717) is 57.8 Å². The highest BCUT2D eigenvalue weighted by molar-refractivity contribution is 6.32. The normalized spacial score (nSPS) is 16.9. The molecule has 0 radical (unpaired) electrons. The Bertz CT molecular complexity index is 1390. The monoisotopic (exact) mass is 565 g/mol. The zero-order valence-electron chi connectivity index (χ0n) is 21.0. The predicted octanol–water partition coefficient (Wildman–Crippen LogP) is 3.22. The molecule has 1 N–H and O–H groups in total. The summed E-state index contributed by atoms with van der Waals surface area (Å²) >= 11 is 6.09. The summed E-state index contributed by atoms with van der Waals surface area (Å²) in [6.07, 6.45) is -2.50. The van der Waals surface area contributed by atoms with Gasteiger partial charge in [-0.2, -0.15) is 0 Å². The van der Waals surface area contributed by atoms with Crippen molar-refractivity contribution in [2.24, 2.45) is 0 Å². The number of nitrogens with zero attached hydrogens (tertiary/aromatic N) is 5. The van der Waals surface area contributed by atoms with Crippen LogP contribution in [0.3, 0.4) is 0 Å². The lowest BCUT2D eigenvalue weighted by Crippen LogP contribution is -2.51. The van der Waals surface area contributed by atoms with Gasteiger partial charge in [0.05, 0.1) is 24.7 Å². The van der Waals surface area contributed by atoms with Gasteiger partial charge in [0.1, 0.15) is 11.4 Å². The summed E-state index contributed by atoms with van der Waals surface area (Å²) < 4.78 is 43.9. The van der Waals surface area contributed by atoms with E-state index in [4.69, 9.17) is 16.7 Å². The minimum Gasteiger partial charge on any atom is -0.480 e. The van der Waals surface area contributed by atoms with E-state index in [0.717, 1.165) is 22.3 Å². The molecule has 2 aliphatic rings. The number of ether oxygens (including phenoxy) is 1. The molecular weight excluding hydrogens is 539 g/mol. The van der Waals surface area contributed by atoms with Crippen LogP contribution in [0.15, 0.2) is 36.5 Å². The molecule has 5 rings (SSSR count). The topological polar surface area (TPSA) is 91.1 Å². The number of halogens is 4. The molecule has 0 atom stereocenters. The largest absolute Gasteiger partial charge is 0.573 e. The average Bonchev–Trinajstić information content (AvgIpc) is 3.19. The van der Waals surface area contributed by atoms with Crippen LogP contribution in [0, 0.1) is 0 Å². The molecule has 39 heavy (non-hydrogen) atoms. The van der Waals surface area contributed by atoms with Gasteiger partial charge in [-0.3, -0.25) is 19.4 Å². The van der Waals surface area contributed by atoms with Crippen LogP contribution in [0.1, 0.15) is 16.8 Å². The highest BCUT2D eigenvalue weighted by Gasteiger charge is 2.32. The van der Waals surface area contributed by atoms with Gasteiger partial charge < -0.3 is 19.3 Å². The Labute approximate surface area is 227 Å². The number of pyridine rings is 1. The zero-order chi connectivity index (χ0) is 27.7. The van der Waals surface area contributed by atoms with Crippen LogP contribution in [0.25, 0.3) is 11.0 Å². The van der Waals surface area contributed by atoms with Crippen LogP contribution in [-0.4, -0.2) is 93.4 Å². The molecule has 1 aromatic carbocycles. The number of amides is 1. The third-order valence-corrected chi connectivity index (χ3v) is 7.41. The van der Waals surface area contributed by atoms with Crippen molar-refractivity contribution in [3.05, 3.63) is 58.4 Å². The van der Waals surface area contributed by atoms with Gasteiger partial charge in [0, 0.05) is 56.5 Å². The van der Waals surface area contributed by atoms with Crippen LogP contribution in [-0.2, 0) is 29.1 Å². The van der Waals surface area contributed by atoms with E-state index in [2.05, 4.69) is 9.72 Å². The summed E-state index contributed by atoms with van der Waals surface area (Å²) in [4.78, 5) is 34.5. The Kier molecular flexibility index (Phi) is 7.70. The zero-order valence-corrected chi connectivity index (χ0v) is 21.7. The second-order valence-corrected chi connectivity index (χ2v) is 10.1. The highest BCUT2D eigenvalue weighted by Crippen LogP contribution is 2.33. The van der Waals surface area contributed by atoms with Gasteiger partial charge >= 0.3 is 12.3 Å². The quantitative estimate of drug-likeness (QED) is 0.470. The summed E-state index contributed by atoms with van der Waals surface area (Å²) in [5.74, 6) is -1.33. The maximum Gasteiger partial charge on any atom is 0.573 e. The van der Waals surface area contributed by atoms with E-state index in [1.165, 1.54) is 18.2 Å². The van der Waals surface area contributed by atoms with Gasteiger partial charge in [0.2, 0.25) is 5.91 Å². The first-order valence-electron chi connectivity index (χ1n) is 12.5. The van der Waals surface area contributed by atoms with Crippen molar-refractivity contribution < 1.29 is 32.6 Å². The lowest BCUT2D eigenvalue weighted by molar-refractivity contribution is -0.274. The number of carbonyl (C=O) groups is 2. The lowest BCUT2D eigenvalue weighted by Gasteiger charge is -2.35. The molecule has 0 saturated carbocycles. The average molecular weight is 566 g/mol. The molecule has 0 bridgehead atoms. The summed E-state index contributed by atoms with van der Waals surface area (Å²) in [5, 5.41) is 9.82. The number of carbonyl (C=O) groups excluding carboxylic acids is 1. The highest BCUT2D eigenvalue weighted by atomic mass is 35.5. The standard InChI is InChI=1S/C26H27ClF3N5O4/c27-20-12-17(3-4-22(20)39-26(28,29)30)13-35-21-14-34(7-5-18(21)19-2-1-6-31-25(19)35)23(36)15-32-8-10-33(11-9-32)16-24(37)38/h1-4,6,12H,5,7-11,13-16H2,(H,37,38). The lowest BCUT2D eigenvalue weighted by atomic mass is 10.0. The first-order valence-corrected chi connectivity index (χ1v) is 12.9. The van der Waals surface area contributed by atoms with Crippen molar-refractivity contribution in [1.82, 2.24) is 24.3 Å². The van der Waals surface area contributed by atoms with Crippen molar-refractivity contribution in [2.45, 2.75) is 25.9 Å². The Balaban J connectivity index is 1.33. The third kappa shape index (κ3) is 6.29. The van der Waals surface area contributed by atoms with Crippen LogP contribution < -0.4 is 4.74 Å². The number of piperazine rings is 1. The van der Waals surface area contributed by atoms with Gasteiger partial charge in [-0.1, -0.05) is 17.7 Å². The smallest absolute Gasteiger partial charge is 0.480 e. The number of hydrogen-bond donors (Lipinski definition) is 1. The Morgan fingerprint density at radius 1 is 1.05 bits per heavy atom. The number of rotatable bonds is 7. The molecule has 0 aliphatic carbocycles. The van der Waals surface area contributed by atoms with Gasteiger partial charge in [-0.05, 0) is 41.8 Å². The first kappa shape index (κ1) is 27.2. The molecule has 2 aromatic heterocycles. The van der Waals surface area contributed by atoms with Crippen molar-refractivity contribution in [1.29, 1.82) is 0 Å². The number of fused-ring (bicyclic) bond motifs is 3. The van der Waals surface area contributed by atoms with Crippen molar-refractivity contribution in [3.63, 3.8) is 0 Å². The molecule has 2 aliphatic heterocycles. The Morgan fingerprint density at radius 2 is 1.77 bits per heavy atom. The molecule has 3 aromatic rings. The van der Waals surface area contributed by atoms with Crippen LogP contribution in [0.5, 0.6) is 5.75 Å². The maximum atomic E-state index is 13.2. The Morgan fingerprint density at radius 3 is 2.44 bits per heavy atom. The molecule has 1 fully saturated rings. The van der Waals surface area contributed by atoms with E-state index in [-0.39, 0.29) is 24.0 Å². The molecule has 1 saturated heterocycles. The number of benzene rings is 1. The molecule has 13 heteroatoms. The number of aromatic nitrogens is 2. The Hall–Kier alpha value is -3.35. The molecule has 0 unspecified atom stereocenters. The van der Waals surface area contributed by atoms with Gasteiger partial charge in [0.15, 0.2) is 0 Å². The fourth-order valence-electron chi connectivity index (χ4n) is 5.26. The number of carboxylic acid groups (broad SMARTS) is 1. The summed E-state index contributed by atoms with van der Waals surface area (Å²) in [6.45, 7) is 3.94. The molecule has 4 heterocycles.